The first kappa shape index (κ1) is 16.3. The Morgan fingerprint density at radius 1 is 1.15 bits per heavy atom. The Kier molecular flexibility index (Phi) is 5.18. The highest BCUT2D eigenvalue weighted by atomic mass is 16.3. The molecule has 0 heterocycles. The molecule has 118 valence electrons. The van der Waals surface area contributed by atoms with Gasteiger partial charge < -0.3 is 10.8 Å². The largest absolute Gasteiger partial charge is 0.389 e. The van der Waals surface area contributed by atoms with Gasteiger partial charge in [0, 0.05) is 12.0 Å². The van der Waals surface area contributed by atoms with Crippen LogP contribution in [-0.4, -0.2) is 17.3 Å². The average molecular weight is 281 g/mol. The van der Waals surface area contributed by atoms with Crippen molar-refractivity contribution in [2.75, 3.05) is 6.54 Å². The van der Waals surface area contributed by atoms with E-state index in [9.17, 15) is 5.11 Å². The lowest BCUT2D eigenvalue weighted by Crippen LogP contribution is -2.51. The van der Waals surface area contributed by atoms with Crippen LogP contribution < -0.4 is 5.73 Å². The molecule has 0 spiro atoms. The Morgan fingerprint density at radius 3 is 2.45 bits per heavy atom. The summed E-state index contributed by atoms with van der Waals surface area (Å²) in [6, 6.07) is 0. The molecule has 0 saturated heterocycles. The predicted octanol–water partition coefficient (Wildman–Crippen LogP) is 4.11. The smallest absolute Gasteiger partial charge is 0.0716 e. The van der Waals surface area contributed by atoms with Crippen molar-refractivity contribution in [2.45, 2.75) is 84.2 Å². The summed E-state index contributed by atoms with van der Waals surface area (Å²) in [5, 5.41) is 11.4. The van der Waals surface area contributed by atoms with Crippen LogP contribution in [-0.2, 0) is 0 Å². The lowest BCUT2D eigenvalue weighted by atomic mass is 9.66. The Labute approximate surface area is 125 Å². The van der Waals surface area contributed by atoms with Crippen molar-refractivity contribution >= 4 is 0 Å². The highest BCUT2D eigenvalue weighted by Gasteiger charge is 2.52. The van der Waals surface area contributed by atoms with Gasteiger partial charge in [-0.15, -0.1) is 0 Å². The van der Waals surface area contributed by atoms with E-state index in [1.807, 2.05) is 0 Å². The van der Waals surface area contributed by atoms with Crippen LogP contribution in [0.4, 0.5) is 0 Å². The van der Waals surface area contributed by atoms with Crippen molar-refractivity contribution in [1.82, 2.24) is 0 Å². The zero-order valence-corrected chi connectivity index (χ0v) is 13.8. The van der Waals surface area contributed by atoms with Crippen LogP contribution in [0.15, 0.2) is 0 Å². The topological polar surface area (TPSA) is 46.2 Å². The van der Waals surface area contributed by atoms with E-state index in [0.717, 1.165) is 43.4 Å². The second kappa shape index (κ2) is 6.36. The van der Waals surface area contributed by atoms with Gasteiger partial charge in [-0.2, -0.15) is 0 Å². The van der Waals surface area contributed by atoms with E-state index in [0.29, 0.717) is 6.54 Å². The summed E-state index contributed by atoms with van der Waals surface area (Å²) in [5.41, 5.74) is 5.71. The van der Waals surface area contributed by atoms with E-state index in [1.165, 1.54) is 32.1 Å². The summed E-state index contributed by atoms with van der Waals surface area (Å²) in [5.74, 6) is 2.33. The SMILES string of the molecule is CCC1CCC(CN)(C2(O)CCCC(C(C)C)CC2)C1. The van der Waals surface area contributed by atoms with Gasteiger partial charge in [-0.05, 0) is 56.3 Å². The third-order valence-corrected chi connectivity index (χ3v) is 6.70. The molecule has 2 rings (SSSR count). The van der Waals surface area contributed by atoms with E-state index in [-0.39, 0.29) is 5.41 Å². The van der Waals surface area contributed by atoms with Gasteiger partial charge in [-0.1, -0.05) is 40.0 Å². The van der Waals surface area contributed by atoms with Gasteiger partial charge in [0.25, 0.3) is 0 Å². The summed E-state index contributed by atoms with van der Waals surface area (Å²) in [4.78, 5) is 0. The van der Waals surface area contributed by atoms with Crippen LogP contribution >= 0.6 is 0 Å². The standard InChI is InChI=1S/C18H35NO/c1-4-15-7-10-17(12-15,13-19)18(20)9-5-6-16(8-11-18)14(2)3/h14-16,20H,4-13,19H2,1-3H3. The van der Waals surface area contributed by atoms with Crippen molar-refractivity contribution in [3.63, 3.8) is 0 Å². The second-order valence-corrected chi connectivity index (χ2v) is 7.97. The molecule has 0 radical (unpaired) electrons. The Bertz CT molecular complexity index is 317. The van der Waals surface area contributed by atoms with Gasteiger partial charge in [0.15, 0.2) is 0 Å². The van der Waals surface area contributed by atoms with Gasteiger partial charge in [0.2, 0.25) is 0 Å². The second-order valence-electron chi connectivity index (χ2n) is 7.97. The minimum absolute atomic E-state index is 0.0134. The summed E-state index contributed by atoms with van der Waals surface area (Å²) >= 11 is 0. The van der Waals surface area contributed by atoms with Gasteiger partial charge >= 0.3 is 0 Å². The first-order valence-corrected chi connectivity index (χ1v) is 8.89. The molecule has 0 amide bonds. The maximum absolute atomic E-state index is 11.4. The van der Waals surface area contributed by atoms with Gasteiger partial charge in [-0.3, -0.25) is 0 Å². The third kappa shape index (κ3) is 2.92. The van der Waals surface area contributed by atoms with Crippen molar-refractivity contribution in [1.29, 1.82) is 0 Å². The maximum atomic E-state index is 11.4. The minimum atomic E-state index is -0.491. The summed E-state index contributed by atoms with van der Waals surface area (Å²) in [6.45, 7) is 7.61. The van der Waals surface area contributed by atoms with Crippen LogP contribution in [0.25, 0.3) is 0 Å². The normalized spacial score (nSPS) is 42.9. The molecule has 4 atom stereocenters. The average Bonchev–Trinajstić information content (AvgIpc) is 2.77. The molecule has 2 heteroatoms. The monoisotopic (exact) mass is 281 g/mol. The number of rotatable bonds is 4. The van der Waals surface area contributed by atoms with E-state index >= 15 is 0 Å². The predicted molar refractivity (Wildman–Crippen MR) is 85.5 cm³/mol. The van der Waals surface area contributed by atoms with Gasteiger partial charge in [0.1, 0.15) is 0 Å². The number of aliphatic hydroxyl groups is 1. The van der Waals surface area contributed by atoms with E-state index in [4.69, 9.17) is 5.73 Å². The summed E-state index contributed by atoms with van der Waals surface area (Å²) in [7, 11) is 0. The zero-order chi connectivity index (χ0) is 14.8. The van der Waals surface area contributed by atoms with Crippen LogP contribution in [0, 0.1) is 23.2 Å². The molecule has 0 aromatic heterocycles. The Morgan fingerprint density at radius 2 is 1.90 bits per heavy atom. The van der Waals surface area contributed by atoms with Crippen LogP contribution in [0.3, 0.4) is 0 Å². The van der Waals surface area contributed by atoms with Gasteiger partial charge in [-0.25, -0.2) is 0 Å². The first-order chi connectivity index (χ1) is 9.46. The summed E-state index contributed by atoms with van der Waals surface area (Å²) in [6.07, 6.45) is 10.4. The van der Waals surface area contributed by atoms with E-state index in [1.54, 1.807) is 0 Å². The van der Waals surface area contributed by atoms with Crippen molar-refractivity contribution in [3.8, 4) is 0 Å². The molecule has 2 aliphatic rings. The third-order valence-electron chi connectivity index (χ3n) is 6.70. The zero-order valence-electron chi connectivity index (χ0n) is 13.8. The molecular formula is C18H35NO. The molecule has 0 bridgehead atoms. The molecule has 4 unspecified atom stereocenters. The number of hydrogen-bond acceptors (Lipinski definition) is 2. The molecule has 0 aliphatic heterocycles. The van der Waals surface area contributed by atoms with Crippen LogP contribution in [0.2, 0.25) is 0 Å². The van der Waals surface area contributed by atoms with Crippen molar-refractivity contribution < 1.29 is 5.11 Å². The van der Waals surface area contributed by atoms with E-state index < -0.39 is 5.60 Å². The Balaban J connectivity index is 2.12. The maximum Gasteiger partial charge on any atom is 0.0716 e. The molecule has 2 nitrogen and oxygen atoms in total. The number of hydrogen-bond donors (Lipinski definition) is 2. The highest BCUT2D eigenvalue weighted by Crippen LogP contribution is 2.54. The fourth-order valence-electron chi connectivity index (χ4n) is 4.93. The van der Waals surface area contributed by atoms with Crippen LogP contribution in [0.1, 0.15) is 78.6 Å². The van der Waals surface area contributed by atoms with Gasteiger partial charge in [0.05, 0.1) is 5.60 Å². The Hall–Kier alpha value is -0.0800. The van der Waals surface area contributed by atoms with Crippen molar-refractivity contribution in [2.24, 2.45) is 28.9 Å². The molecular weight excluding hydrogens is 246 g/mol. The van der Waals surface area contributed by atoms with E-state index in [2.05, 4.69) is 20.8 Å². The lowest BCUT2D eigenvalue weighted by molar-refractivity contribution is -0.0919. The van der Waals surface area contributed by atoms with Crippen LogP contribution in [0.5, 0.6) is 0 Å². The molecule has 0 aromatic carbocycles. The minimum Gasteiger partial charge on any atom is -0.389 e. The molecule has 0 aromatic rings. The quantitative estimate of drug-likeness (QED) is 0.762. The summed E-state index contributed by atoms with van der Waals surface area (Å²) < 4.78 is 0. The molecule has 2 fully saturated rings. The number of nitrogens with two attached hydrogens (primary N) is 1. The lowest BCUT2D eigenvalue weighted by Gasteiger charge is -2.45. The van der Waals surface area contributed by atoms with Crippen molar-refractivity contribution in [3.05, 3.63) is 0 Å². The molecule has 3 N–H and O–H groups in total. The molecule has 2 aliphatic carbocycles. The highest BCUT2D eigenvalue weighted by molar-refractivity contribution is 5.05. The molecule has 20 heavy (non-hydrogen) atoms. The fraction of sp³-hybridized carbons (Fsp3) is 1.00. The molecule has 2 saturated carbocycles. The first-order valence-electron chi connectivity index (χ1n) is 8.89. The fourth-order valence-corrected chi connectivity index (χ4v) is 4.93.